The van der Waals surface area contributed by atoms with Gasteiger partial charge in [-0.2, -0.15) is 0 Å². The van der Waals surface area contributed by atoms with E-state index in [0.29, 0.717) is 13.0 Å². The first-order valence-corrected chi connectivity index (χ1v) is 5.98. The molecule has 2 N–H and O–H groups in total. The van der Waals surface area contributed by atoms with Crippen LogP contribution in [0, 0.1) is 6.92 Å². The third-order valence-corrected chi connectivity index (χ3v) is 2.78. The molecule has 0 bridgehead atoms. The Hall–Kier alpha value is -2.10. The fraction of sp³-hybridized carbons (Fsp3) is 0.286. The van der Waals surface area contributed by atoms with Crippen LogP contribution in [0.4, 0.5) is 5.82 Å². The van der Waals surface area contributed by atoms with Gasteiger partial charge in [-0.05, 0) is 24.8 Å². The van der Waals surface area contributed by atoms with E-state index in [2.05, 4.69) is 23.3 Å². The monoisotopic (exact) mass is 244 g/mol. The third-order valence-electron chi connectivity index (χ3n) is 2.78. The molecule has 1 aromatic heterocycles. The third kappa shape index (κ3) is 2.97. The smallest absolute Gasteiger partial charge is 0.303 e. The molecule has 0 radical (unpaired) electrons. The fourth-order valence-corrected chi connectivity index (χ4v) is 1.88. The molecule has 0 saturated heterocycles. The van der Waals surface area contributed by atoms with Gasteiger partial charge in [-0.3, -0.25) is 4.79 Å². The fourth-order valence-electron chi connectivity index (χ4n) is 1.88. The molecule has 4 heteroatoms. The highest BCUT2D eigenvalue weighted by atomic mass is 16.4. The standard InChI is InChI=1S/C14H16N2O2/c1-10-4-5-12-11(9-10)6-8-16-14(12)15-7-2-3-13(17)18/h4-6,8-9H,2-3,7H2,1H3,(H,15,16)(H,17,18). The van der Waals surface area contributed by atoms with E-state index in [4.69, 9.17) is 5.11 Å². The van der Waals surface area contributed by atoms with Gasteiger partial charge in [-0.1, -0.05) is 23.8 Å². The molecular weight excluding hydrogens is 228 g/mol. The summed E-state index contributed by atoms with van der Waals surface area (Å²) in [6, 6.07) is 8.17. The lowest BCUT2D eigenvalue weighted by Gasteiger charge is -2.08. The lowest BCUT2D eigenvalue weighted by atomic mass is 10.1. The number of pyridine rings is 1. The number of benzene rings is 1. The zero-order valence-electron chi connectivity index (χ0n) is 10.3. The van der Waals surface area contributed by atoms with Gasteiger partial charge in [-0.15, -0.1) is 0 Å². The number of aromatic nitrogens is 1. The SMILES string of the molecule is Cc1ccc2c(NCCCC(=O)O)nccc2c1. The number of nitrogens with zero attached hydrogens (tertiary/aromatic N) is 1. The van der Waals surface area contributed by atoms with Gasteiger partial charge in [0.1, 0.15) is 5.82 Å². The van der Waals surface area contributed by atoms with E-state index < -0.39 is 5.97 Å². The number of hydrogen-bond donors (Lipinski definition) is 2. The van der Waals surface area contributed by atoms with Gasteiger partial charge in [0.05, 0.1) is 0 Å². The Morgan fingerprint density at radius 1 is 1.39 bits per heavy atom. The van der Waals surface area contributed by atoms with Gasteiger partial charge in [0.2, 0.25) is 0 Å². The maximum Gasteiger partial charge on any atom is 0.303 e. The minimum absolute atomic E-state index is 0.177. The molecular formula is C14H16N2O2. The Morgan fingerprint density at radius 3 is 3.00 bits per heavy atom. The minimum Gasteiger partial charge on any atom is -0.481 e. The number of carboxylic acid groups (broad SMARTS) is 1. The highest BCUT2D eigenvalue weighted by Gasteiger charge is 2.02. The molecule has 0 saturated carbocycles. The number of aryl methyl sites for hydroxylation is 1. The van der Waals surface area contributed by atoms with Crippen molar-refractivity contribution in [1.29, 1.82) is 0 Å². The minimum atomic E-state index is -0.765. The molecule has 0 fully saturated rings. The zero-order chi connectivity index (χ0) is 13.0. The van der Waals surface area contributed by atoms with Gasteiger partial charge in [-0.25, -0.2) is 4.98 Å². The molecule has 1 heterocycles. The van der Waals surface area contributed by atoms with Crippen molar-refractivity contribution in [3.05, 3.63) is 36.0 Å². The van der Waals surface area contributed by atoms with Crippen molar-refractivity contribution in [3.8, 4) is 0 Å². The van der Waals surface area contributed by atoms with Gasteiger partial charge in [0, 0.05) is 24.5 Å². The normalized spacial score (nSPS) is 10.5. The van der Waals surface area contributed by atoms with Crippen molar-refractivity contribution < 1.29 is 9.90 Å². The van der Waals surface area contributed by atoms with Crippen molar-refractivity contribution in [2.24, 2.45) is 0 Å². The van der Waals surface area contributed by atoms with Crippen LogP contribution in [0.25, 0.3) is 10.8 Å². The van der Waals surface area contributed by atoms with Crippen LogP contribution in [-0.4, -0.2) is 22.6 Å². The Bertz CT molecular complexity index is 567. The molecule has 0 aliphatic carbocycles. The van der Waals surface area contributed by atoms with Crippen molar-refractivity contribution in [3.63, 3.8) is 0 Å². The second-order valence-electron chi connectivity index (χ2n) is 4.31. The largest absolute Gasteiger partial charge is 0.481 e. The second-order valence-corrected chi connectivity index (χ2v) is 4.31. The number of hydrogen-bond acceptors (Lipinski definition) is 3. The summed E-state index contributed by atoms with van der Waals surface area (Å²) in [4.78, 5) is 14.7. The van der Waals surface area contributed by atoms with Crippen LogP contribution < -0.4 is 5.32 Å². The zero-order valence-corrected chi connectivity index (χ0v) is 10.3. The van der Waals surface area contributed by atoms with E-state index in [9.17, 15) is 4.79 Å². The van der Waals surface area contributed by atoms with Crippen molar-refractivity contribution in [1.82, 2.24) is 4.98 Å². The number of nitrogens with one attached hydrogen (secondary N) is 1. The molecule has 0 amide bonds. The predicted octanol–water partition coefficient (Wildman–Crippen LogP) is 2.82. The van der Waals surface area contributed by atoms with Crippen molar-refractivity contribution in [2.45, 2.75) is 19.8 Å². The quantitative estimate of drug-likeness (QED) is 0.794. The summed E-state index contributed by atoms with van der Waals surface area (Å²) in [6.45, 7) is 2.67. The van der Waals surface area contributed by atoms with E-state index in [1.807, 2.05) is 18.2 Å². The van der Waals surface area contributed by atoms with Crippen molar-refractivity contribution >= 4 is 22.6 Å². The Morgan fingerprint density at radius 2 is 2.22 bits per heavy atom. The Balaban J connectivity index is 2.11. The van der Waals surface area contributed by atoms with Crippen LogP contribution in [0.3, 0.4) is 0 Å². The first-order valence-electron chi connectivity index (χ1n) is 5.98. The van der Waals surface area contributed by atoms with Crippen LogP contribution >= 0.6 is 0 Å². The number of anilines is 1. The van der Waals surface area contributed by atoms with Crippen LogP contribution in [0.1, 0.15) is 18.4 Å². The van der Waals surface area contributed by atoms with E-state index in [0.717, 1.165) is 16.6 Å². The first kappa shape index (κ1) is 12.4. The highest BCUT2D eigenvalue weighted by molar-refractivity contribution is 5.92. The van der Waals surface area contributed by atoms with Gasteiger partial charge in [0.25, 0.3) is 0 Å². The van der Waals surface area contributed by atoms with Crippen LogP contribution in [0.2, 0.25) is 0 Å². The number of carbonyl (C=O) groups is 1. The van der Waals surface area contributed by atoms with Gasteiger partial charge in [0.15, 0.2) is 0 Å². The molecule has 4 nitrogen and oxygen atoms in total. The van der Waals surface area contributed by atoms with E-state index in [-0.39, 0.29) is 6.42 Å². The maximum atomic E-state index is 10.4. The molecule has 0 unspecified atom stereocenters. The number of rotatable bonds is 5. The Labute approximate surface area is 106 Å². The lowest BCUT2D eigenvalue weighted by molar-refractivity contribution is -0.137. The summed E-state index contributed by atoms with van der Waals surface area (Å²) in [5.74, 6) is 0.0520. The predicted molar refractivity (Wildman–Crippen MR) is 71.8 cm³/mol. The summed E-state index contributed by atoms with van der Waals surface area (Å²) in [5.41, 5.74) is 1.21. The number of fused-ring (bicyclic) bond motifs is 1. The molecule has 1 aromatic carbocycles. The Kier molecular flexibility index (Phi) is 3.77. The second kappa shape index (κ2) is 5.49. The van der Waals surface area contributed by atoms with Gasteiger partial charge >= 0.3 is 5.97 Å². The summed E-state index contributed by atoms with van der Waals surface area (Å²) in [5, 5.41) is 14.0. The topological polar surface area (TPSA) is 62.2 Å². The van der Waals surface area contributed by atoms with E-state index in [1.165, 1.54) is 5.56 Å². The summed E-state index contributed by atoms with van der Waals surface area (Å²) in [6.07, 6.45) is 2.54. The molecule has 0 aliphatic heterocycles. The summed E-state index contributed by atoms with van der Waals surface area (Å²) in [7, 11) is 0. The molecule has 2 rings (SSSR count). The summed E-state index contributed by atoms with van der Waals surface area (Å²) >= 11 is 0. The van der Waals surface area contributed by atoms with E-state index in [1.54, 1.807) is 6.20 Å². The average Bonchev–Trinajstić information content (AvgIpc) is 2.34. The molecule has 0 aliphatic rings. The molecule has 2 aromatic rings. The van der Waals surface area contributed by atoms with Crippen LogP contribution in [0.15, 0.2) is 30.5 Å². The summed E-state index contributed by atoms with van der Waals surface area (Å²) < 4.78 is 0. The van der Waals surface area contributed by atoms with Crippen molar-refractivity contribution in [2.75, 3.05) is 11.9 Å². The first-order chi connectivity index (χ1) is 8.66. The highest BCUT2D eigenvalue weighted by Crippen LogP contribution is 2.21. The molecule has 0 spiro atoms. The lowest BCUT2D eigenvalue weighted by Crippen LogP contribution is -2.06. The van der Waals surface area contributed by atoms with Crippen LogP contribution in [-0.2, 0) is 4.79 Å². The molecule has 0 atom stereocenters. The van der Waals surface area contributed by atoms with Gasteiger partial charge < -0.3 is 10.4 Å². The van der Waals surface area contributed by atoms with E-state index >= 15 is 0 Å². The number of carboxylic acids is 1. The molecule has 94 valence electrons. The number of aliphatic carboxylic acids is 1. The van der Waals surface area contributed by atoms with Crippen LogP contribution in [0.5, 0.6) is 0 Å². The average molecular weight is 244 g/mol. The maximum absolute atomic E-state index is 10.4. The molecule has 18 heavy (non-hydrogen) atoms.